The van der Waals surface area contributed by atoms with E-state index in [0.29, 0.717) is 17.1 Å². The Morgan fingerprint density at radius 1 is 0.773 bits per heavy atom. The van der Waals surface area contributed by atoms with E-state index in [1.165, 1.54) is 43.7 Å². The van der Waals surface area contributed by atoms with Crippen molar-refractivity contribution in [2.24, 2.45) is 0 Å². The zero-order valence-electron chi connectivity index (χ0n) is 22.9. The maximum Gasteiger partial charge on any atom is 0.321 e. The zero-order valence-corrected chi connectivity index (χ0v) is 22.9. The molecule has 1 atom stereocenters. The van der Waals surface area contributed by atoms with Gasteiger partial charge < -0.3 is 36.6 Å². The Bertz CT molecular complexity index is 1990. The summed E-state index contributed by atoms with van der Waals surface area (Å²) in [6.45, 7) is -0.0230. The van der Waals surface area contributed by atoms with E-state index in [2.05, 4.69) is 35.2 Å². The molecule has 1 N–H and O–H groups in total. The van der Waals surface area contributed by atoms with Crippen LogP contribution in [0.25, 0.3) is 52.4 Å². The van der Waals surface area contributed by atoms with Gasteiger partial charge in [-0.25, -0.2) is 29.9 Å². The topological polar surface area (TPSA) is 215 Å². The average Bonchev–Trinajstić information content (AvgIpc) is 3.83. The van der Waals surface area contributed by atoms with Crippen LogP contribution in [0.5, 0.6) is 0 Å². The summed E-state index contributed by atoms with van der Waals surface area (Å²) in [5.41, 5.74) is 1.39. The molecular weight excluding hydrogens is 580 g/mol. The molecule has 0 saturated heterocycles. The summed E-state index contributed by atoms with van der Waals surface area (Å²) in [7, 11) is 3.47. The predicted molar refractivity (Wildman–Crippen MR) is 143 cm³/mol. The minimum Gasteiger partial charge on any atom is -0.447 e. The van der Waals surface area contributed by atoms with Gasteiger partial charge in [0.25, 0.3) is 5.91 Å². The molecule has 1 aliphatic rings. The second-order valence-corrected chi connectivity index (χ2v) is 9.58. The van der Waals surface area contributed by atoms with Gasteiger partial charge in [-0.2, -0.15) is 0 Å². The Morgan fingerprint density at radius 2 is 1.34 bits per heavy atom. The Hall–Kier alpha value is -6.10. The summed E-state index contributed by atoms with van der Waals surface area (Å²) < 4.78 is 38.8. The van der Waals surface area contributed by atoms with Gasteiger partial charge in [-0.3, -0.25) is 14.5 Å². The number of hydrogen-bond donors (Lipinski definition) is 1. The second-order valence-electron chi connectivity index (χ2n) is 9.58. The van der Waals surface area contributed by atoms with Gasteiger partial charge in [0.2, 0.25) is 35.3 Å². The summed E-state index contributed by atoms with van der Waals surface area (Å²) in [4.78, 5) is 52.9. The van der Waals surface area contributed by atoms with Gasteiger partial charge in [0.1, 0.15) is 43.3 Å². The van der Waals surface area contributed by atoms with Crippen molar-refractivity contribution >= 4 is 18.0 Å². The number of rotatable bonds is 3. The van der Waals surface area contributed by atoms with Gasteiger partial charge in [0.15, 0.2) is 34.6 Å². The molecule has 12 bridgehead atoms. The first-order chi connectivity index (χ1) is 21.4. The van der Waals surface area contributed by atoms with Crippen LogP contribution < -0.4 is 5.32 Å². The van der Waals surface area contributed by atoms with Crippen molar-refractivity contribution in [3.63, 3.8) is 0 Å². The number of hydrogen-bond acceptors (Lipinski definition) is 16. The summed E-state index contributed by atoms with van der Waals surface area (Å²) in [5.74, 6) is -0.404. The Morgan fingerprint density at radius 3 is 2.07 bits per heavy atom. The van der Waals surface area contributed by atoms with Crippen molar-refractivity contribution in [2.75, 3.05) is 20.6 Å². The van der Waals surface area contributed by atoms with Crippen LogP contribution in [-0.4, -0.2) is 67.3 Å². The molecule has 1 unspecified atom stereocenters. The number of oxazole rings is 6. The summed E-state index contributed by atoms with van der Waals surface area (Å²) in [6.07, 6.45) is 9.91. The molecule has 0 spiro atoms. The molecule has 7 rings (SSSR count). The Balaban J connectivity index is 1.25. The standard InChI is InChI=1S/C27H20N8O9/c1-35(2)6-21(36)44-19-4-3-13-7-39-23(29-13)16-10-41-24(32-16)15-9-38-20(30-15)5-28-22(37)14-8-40-25(31-14)17-11-42-26(33-17)18-12-43-27(19)34-18/h3-4,7-12,19H,5-6H2,1-2H3,(H,28,37)/b4-3+. The lowest BCUT2D eigenvalue weighted by Crippen LogP contribution is -2.24. The maximum absolute atomic E-state index is 12.7. The van der Waals surface area contributed by atoms with Crippen molar-refractivity contribution in [3.8, 4) is 46.3 Å². The van der Waals surface area contributed by atoms with E-state index in [1.54, 1.807) is 25.1 Å². The highest BCUT2D eigenvalue weighted by molar-refractivity contribution is 5.92. The molecule has 0 fully saturated rings. The zero-order chi connectivity index (χ0) is 30.2. The molecule has 222 valence electrons. The molecule has 0 aliphatic carbocycles. The maximum atomic E-state index is 12.7. The first-order valence-electron chi connectivity index (χ1n) is 12.9. The molecule has 17 nitrogen and oxygen atoms in total. The molecule has 6 aromatic heterocycles. The number of carbonyl (C=O) groups excluding carboxylic acids is 2. The first kappa shape index (κ1) is 26.8. The van der Waals surface area contributed by atoms with Crippen molar-refractivity contribution < 1.29 is 40.8 Å². The minimum absolute atomic E-state index is 0.00802. The average molecular weight is 601 g/mol. The van der Waals surface area contributed by atoms with Crippen LogP contribution in [0.4, 0.5) is 0 Å². The molecule has 1 aliphatic heterocycles. The highest BCUT2D eigenvalue weighted by Gasteiger charge is 2.24. The molecule has 0 aromatic carbocycles. The van der Waals surface area contributed by atoms with E-state index < -0.39 is 18.0 Å². The van der Waals surface area contributed by atoms with Crippen LogP contribution in [0.3, 0.4) is 0 Å². The number of aromatic nitrogens is 6. The third-order valence-electron chi connectivity index (χ3n) is 6.01. The second kappa shape index (κ2) is 11.0. The SMILES string of the molecule is CN(C)CC(=O)OC1/C=C/c2coc(n2)-c2coc(n2)-c2coc(n2)CNC(=O)c2coc(n2)-c2coc(n2)-c2coc1n2. The lowest BCUT2D eigenvalue weighted by molar-refractivity contribution is -0.148. The lowest BCUT2D eigenvalue weighted by atomic mass is 10.3. The van der Waals surface area contributed by atoms with Crippen molar-refractivity contribution in [1.29, 1.82) is 0 Å². The van der Waals surface area contributed by atoms with E-state index in [9.17, 15) is 9.59 Å². The van der Waals surface area contributed by atoms with Gasteiger partial charge in [0, 0.05) is 0 Å². The predicted octanol–water partition coefficient (Wildman–Crippen LogP) is 3.39. The van der Waals surface area contributed by atoms with E-state index in [-0.39, 0.29) is 65.5 Å². The van der Waals surface area contributed by atoms with Gasteiger partial charge in [-0.15, -0.1) is 0 Å². The normalized spacial score (nSPS) is 15.5. The van der Waals surface area contributed by atoms with Crippen LogP contribution in [0.15, 0.2) is 70.2 Å². The number of esters is 1. The summed E-state index contributed by atoms with van der Waals surface area (Å²) >= 11 is 0. The molecule has 17 heteroatoms. The summed E-state index contributed by atoms with van der Waals surface area (Å²) in [5, 5.41) is 2.65. The number of likely N-dealkylation sites (N-methyl/N-ethyl adjacent to an activating group) is 1. The summed E-state index contributed by atoms with van der Waals surface area (Å²) in [6, 6.07) is 0. The molecule has 6 aromatic rings. The highest BCUT2D eigenvalue weighted by atomic mass is 16.6. The first-order valence-corrected chi connectivity index (χ1v) is 12.9. The van der Waals surface area contributed by atoms with Gasteiger partial charge in [0.05, 0.1) is 13.1 Å². The van der Waals surface area contributed by atoms with E-state index in [4.69, 9.17) is 31.2 Å². The number of nitrogens with one attached hydrogen (secondary N) is 1. The Labute approximate surface area is 245 Å². The lowest BCUT2D eigenvalue weighted by Gasteiger charge is -2.13. The van der Waals surface area contributed by atoms with Crippen LogP contribution in [0, 0.1) is 0 Å². The fourth-order valence-corrected chi connectivity index (χ4v) is 4.00. The Kier molecular flexibility index (Phi) is 6.66. The fourth-order valence-electron chi connectivity index (χ4n) is 4.00. The minimum atomic E-state index is -1.04. The number of amides is 1. The number of nitrogens with zero attached hydrogens (tertiary/aromatic N) is 7. The van der Waals surface area contributed by atoms with Crippen LogP contribution in [0.2, 0.25) is 0 Å². The van der Waals surface area contributed by atoms with E-state index in [1.807, 2.05) is 0 Å². The van der Waals surface area contributed by atoms with Gasteiger partial charge >= 0.3 is 5.97 Å². The molecular formula is C27H20N8O9. The number of fused-ring (bicyclic) bond motifs is 16. The third kappa shape index (κ3) is 5.41. The van der Waals surface area contributed by atoms with Crippen LogP contribution in [0.1, 0.15) is 34.1 Å². The quantitative estimate of drug-likeness (QED) is 0.288. The molecule has 1 amide bonds. The van der Waals surface area contributed by atoms with Crippen molar-refractivity contribution in [1.82, 2.24) is 40.1 Å². The molecule has 7 heterocycles. The third-order valence-corrected chi connectivity index (χ3v) is 6.01. The van der Waals surface area contributed by atoms with Gasteiger partial charge in [-0.05, 0) is 26.2 Å². The van der Waals surface area contributed by atoms with Gasteiger partial charge in [-0.1, -0.05) is 0 Å². The highest BCUT2D eigenvalue weighted by Crippen LogP contribution is 2.28. The fraction of sp³-hybridized carbons (Fsp3) is 0.185. The van der Waals surface area contributed by atoms with E-state index >= 15 is 0 Å². The molecule has 44 heavy (non-hydrogen) atoms. The van der Waals surface area contributed by atoms with Crippen molar-refractivity contribution in [2.45, 2.75) is 12.6 Å². The van der Waals surface area contributed by atoms with Crippen molar-refractivity contribution in [3.05, 3.63) is 66.8 Å². The monoisotopic (exact) mass is 600 g/mol. The smallest absolute Gasteiger partial charge is 0.321 e. The number of carbonyl (C=O) groups is 2. The molecule has 0 saturated carbocycles. The van der Waals surface area contributed by atoms with Crippen LogP contribution in [-0.2, 0) is 16.1 Å². The largest absolute Gasteiger partial charge is 0.447 e. The van der Waals surface area contributed by atoms with E-state index in [0.717, 1.165) is 0 Å². The van der Waals surface area contributed by atoms with Crippen LogP contribution >= 0.6 is 0 Å². The number of ether oxygens (including phenoxy) is 1. The molecule has 0 radical (unpaired) electrons.